The van der Waals surface area contributed by atoms with Gasteiger partial charge in [-0.1, -0.05) is 66.7 Å². The van der Waals surface area contributed by atoms with E-state index < -0.39 is 0 Å². The Balaban J connectivity index is 1.38. The number of carbonyl (C=O) groups excluding carboxylic acids is 1. The van der Waals surface area contributed by atoms with Crippen LogP contribution in [-0.4, -0.2) is 47.9 Å². The number of nitrogens with zero attached hydrogens (tertiary/aromatic N) is 2. The van der Waals surface area contributed by atoms with Gasteiger partial charge in [0.15, 0.2) is 0 Å². The monoisotopic (exact) mass is 431 g/mol. The predicted octanol–water partition coefficient (Wildman–Crippen LogP) is 5.03. The minimum atomic E-state index is -0.243. The number of benzene rings is 3. The van der Waals surface area contributed by atoms with Crippen LogP contribution in [0.15, 0.2) is 78.9 Å². The number of amides is 1. The van der Waals surface area contributed by atoms with Gasteiger partial charge in [0.2, 0.25) is 5.91 Å². The number of rotatable bonds is 6. The van der Waals surface area contributed by atoms with Crippen LogP contribution in [0.1, 0.15) is 18.9 Å². The molecule has 3 aromatic carbocycles. The zero-order valence-corrected chi connectivity index (χ0v) is 18.5. The summed E-state index contributed by atoms with van der Waals surface area (Å²) in [5, 5.41) is 3.14. The highest BCUT2D eigenvalue weighted by Gasteiger charge is 2.25. The molecule has 0 spiro atoms. The van der Waals surface area contributed by atoms with Gasteiger partial charge in [0, 0.05) is 43.0 Å². The Bertz CT molecular complexity index is 1040. The predicted molar refractivity (Wildman–Crippen MR) is 128 cm³/mol. The van der Waals surface area contributed by atoms with E-state index in [2.05, 4.69) is 15.1 Å². The van der Waals surface area contributed by atoms with Gasteiger partial charge in [-0.2, -0.15) is 0 Å². The molecule has 0 saturated carbocycles. The van der Waals surface area contributed by atoms with Gasteiger partial charge >= 0.3 is 0 Å². The second kappa shape index (κ2) is 10.5. The van der Waals surface area contributed by atoms with E-state index in [-0.39, 0.29) is 17.8 Å². The Hall–Kier alpha value is -3.02. The summed E-state index contributed by atoms with van der Waals surface area (Å²) in [6.45, 7) is 5.91. The molecule has 0 aromatic heterocycles. The highest BCUT2D eigenvalue weighted by Crippen LogP contribution is 2.28. The average molecular weight is 432 g/mol. The molecule has 1 aliphatic heterocycles. The average Bonchev–Trinajstić information content (AvgIpc) is 3.06. The van der Waals surface area contributed by atoms with Gasteiger partial charge in [-0.25, -0.2) is 4.39 Å². The van der Waals surface area contributed by atoms with E-state index in [0.717, 1.165) is 55.0 Å². The molecule has 32 heavy (non-hydrogen) atoms. The van der Waals surface area contributed by atoms with Crippen LogP contribution in [0.5, 0.6) is 0 Å². The zero-order valence-electron chi connectivity index (χ0n) is 18.5. The van der Waals surface area contributed by atoms with Crippen molar-refractivity contribution in [3.8, 4) is 11.1 Å². The van der Waals surface area contributed by atoms with Gasteiger partial charge in [-0.05, 0) is 37.6 Å². The van der Waals surface area contributed by atoms with Crippen molar-refractivity contribution in [1.82, 2.24) is 9.80 Å². The number of anilines is 1. The first-order valence-electron chi connectivity index (χ1n) is 11.3. The largest absolute Gasteiger partial charge is 0.324 e. The highest BCUT2D eigenvalue weighted by atomic mass is 19.1. The summed E-state index contributed by atoms with van der Waals surface area (Å²) in [6, 6.07) is 24.7. The van der Waals surface area contributed by atoms with Crippen molar-refractivity contribution in [2.45, 2.75) is 25.9 Å². The third-order valence-electron chi connectivity index (χ3n) is 6.17. The third-order valence-corrected chi connectivity index (χ3v) is 6.17. The smallest absolute Gasteiger partial charge is 0.241 e. The zero-order chi connectivity index (χ0) is 22.3. The first kappa shape index (κ1) is 22.2. The standard InChI is InChI=1S/C27H30FN3O/c1-21(27(32)29-26-15-8-6-13-24(26)22-10-3-2-4-11-22)31-17-9-16-30(18-19-31)20-23-12-5-7-14-25(23)28/h2-8,10-15,21H,9,16-20H2,1H3,(H,29,32). The molecular formula is C27H30FN3O. The summed E-state index contributed by atoms with van der Waals surface area (Å²) < 4.78 is 14.0. The summed E-state index contributed by atoms with van der Waals surface area (Å²) in [5.74, 6) is -0.158. The summed E-state index contributed by atoms with van der Waals surface area (Å²) in [7, 11) is 0. The van der Waals surface area contributed by atoms with Crippen LogP contribution in [0.2, 0.25) is 0 Å². The molecule has 0 radical (unpaired) electrons. The van der Waals surface area contributed by atoms with E-state index >= 15 is 0 Å². The molecule has 1 amide bonds. The Morgan fingerprint density at radius 3 is 2.44 bits per heavy atom. The fourth-order valence-corrected chi connectivity index (χ4v) is 4.27. The molecule has 4 nitrogen and oxygen atoms in total. The molecule has 1 heterocycles. The molecule has 0 aliphatic carbocycles. The first-order valence-corrected chi connectivity index (χ1v) is 11.3. The van der Waals surface area contributed by atoms with Gasteiger partial charge in [0.05, 0.1) is 6.04 Å². The molecule has 1 aliphatic rings. The number of hydrogen-bond donors (Lipinski definition) is 1. The van der Waals surface area contributed by atoms with Crippen molar-refractivity contribution in [3.05, 3.63) is 90.2 Å². The molecule has 3 aromatic rings. The van der Waals surface area contributed by atoms with E-state index in [4.69, 9.17) is 0 Å². The minimum absolute atomic E-state index is 0.00376. The normalized spacial score (nSPS) is 16.3. The molecule has 1 N–H and O–H groups in total. The quantitative estimate of drug-likeness (QED) is 0.595. The van der Waals surface area contributed by atoms with E-state index in [9.17, 15) is 9.18 Å². The van der Waals surface area contributed by atoms with Crippen LogP contribution in [0, 0.1) is 5.82 Å². The summed E-state index contributed by atoms with van der Waals surface area (Å²) in [5.41, 5.74) is 3.64. The fraction of sp³-hybridized carbons (Fsp3) is 0.296. The molecule has 5 heteroatoms. The lowest BCUT2D eigenvalue weighted by molar-refractivity contribution is -0.120. The van der Waals surface area contributed by atoms with Crippen molar-refractivity contribution in [2.24, 2.45) is 0 Å². The van der Waals surface area contributed by atoms with Crippen LogP contribution in [-0.2, 0) is 11.3 Å². The van der Waals surface area contributed by atoms with Crippen LogP contribution >= 0.6 is 0 Å². The fourth-order valence-electron chi connectivity index (χ4n) is 4.27. The maximum Gasteiger partial charge on any atom is 0.241 e. The topological polar surface area (TPSA) is 35.6 Å². The molecule has 1 fully saturated rings. The SMILES string of the molecule is CC(C(=O)Nc1ccccc1-c1ccccc1)N1CCCN(Cc2ccccc2F)CC1. The molecule has 1 saturated heterocycles. The Morgan fingerprint density at radius 1 is 0.906 bits per heavy atom. The summed E-state index contributed by atoms with van der Waals surface area (Å²) in [4.78, 5) is 17.6. The first-order chi connectivity index (χ1) is 15.6. The lowest BCUT2D eigenvalue weighted by Crippen LogP contribution is -2.44. The van der Waals surface area contributed by atoms with Crippen LogP contribution in [0.4, 0.5) is 10.1 Å². The van der Waals surface area contributed by atoms with E-state index in [1.807, 2.05) is 73.7 Å². The van der Waals surface area contributed by atoms with E-state index in [0.29, 0.717) is 6.54 Å². The molecule has 1 atom stereocenters. The second-order valence-corrected chi connectivity index (χ2v) is 8.33. The van der Waals surface area contributed by atoms with Gasteiger partial charge in [0.25, 0.3) is 0 Å². The third kappa shape index (κ3) is 5.42. The number of halogens is 1. The van der Waals surface area contributed by atoms with Crippen molar-refractivity contribution in [2.75, 3.05) is 31.5 Å². The molecule has 4 rings (SSSR count). The lowest BCUT2D eigenvalue weighted by atomic mass is 10.0. The van der Waals surface area contributed by atoms with Crippen molar-refractivity contribution in [1.29, 1.82) is 0 Å². The number of para-hydroxylation sites is 1. The Kier molecular flexibility index (Phi) is 7.30. The van der Waals surface area contributed by atoms with Crippen LogP contribution in [0.3, 0.4) is 0 Å². The molecular weight excluding hydrogens is 401 g/mol. The van der Waals surface area contributed by atoms with Crippen molar-refractivity contribution < 1.29 is 9.18 Å². The Labute approximate surface area is 189 Å². The summed E-state index contributed by atoms with van der Waals surface area (Å²) in [6.07, 6.45) is 0.951. The van der Waals surface area contributed by atoms with Crippen molar-refractivity contribution >= 4 is 11.6 Å². The van der Waals surface area contributed by atoms with Gasteiger partial charge in [-0.3, -0.25) is 14.6 Å². The molecule has 166 valence electrons. The van der Waals surface area contributed by atoms with Crippen LogP contribution < -0.4 is 5.32 Å². The van der Waals surface area contributed by atoms with Gasteiger partial charge < -0.3 is 5.32 Å². The van der Waals surface area contributed by atoms with Gasteiger partial charge in [0.1, 0.15) is 5.82 Å². The van der Waals surface area contributed by atoms with E-state index in [1.54, 1.807) is 6.07 Å². The highest BCUT2D eigenvalue weighted by molar-refractivity contribution is 5.98. The number of nitrogens with one attached hydrogen (secondary N) is 1. The maximum absolute atomic E-state index is 14.0. The number of hydrogen-bond acceptors (Lipinski definition) is 3. The molecule has 1 unspecified atom stereocenters. The van der Waals surface area contributed by atoms with Crippen LogP contribution in [0.25, 0.3) is 11.1 Å². The van der Waals surface area contributed by atoms with Crippen molar-refractivity contribution in [3.63, 3.8) is 0 Å². The number of carbonyl (C=O) groups is 1. The summed E-state index contributed by atoms with van der Waals surface area (Å²) >= 11 is 0. The van der Waals surface area contributed by atoms with Gasteiger partial charge in [-0.15, -0.1) is 0 Å². The molecule has 0 bridgehead atoms. The second-order valence-electron chi connectivity index (χ2n) is 8.33. The maximum atomic E-state index is 14.0. The van der Waals surface area contributed by atoms with E-state index in [1.165, 1.54) is 6.07 Å². The minimum Gasteiger partial charge on any atom is -0.324 e. The lowest BCUT2D eigenvalue weighted by Gasteiger charge is -2.27. The Morgan fingerprint density at radius 2 is 1.62 bits per heavy atom.